The molecule has 150 valence electrons. The van der Waals surface area contributed by atoms with Crippen LogP contribution in [0.15, 0.2) is 42.5 Å². The second-order valence-corrected chi connectivity index (χ2v) is 6.53. The molecule has 0 unspecified atom stereocenters. The van der Waals surface area contributed by atoms with Gasteiger partial charge in [0.05, 0.1) is 20.3 Å². The molecule has 7 nitrogen and oxygen atoms in total. The van der Waals surface area contributed by atoms with Crippen LogP contribution in [0.5, 0.6) is 11.5 Å². The molecule has 0 aliphatic heterocycles. The summed E-state index contributed by atoms with van der Waals surface area (Å²) in [5.41, 5.74) is 7.34. The van der Waals surface area contributed by atoms with Gasteiger partial charge in [-0.3, -0.25) is 14.5 Å². The van der Waals surface area contributed by atoms with Crippen LogP contribution in [0.3, 0.4) is 0 Å². The van der Waals surface area contributed by atoms with Crippen molar-refractivity contribution in [2.75, 3.05) is 33.1 Å². The Balaban J connectivity index is 1.91. The molecule has 7 heteroatoms. The van der Waals surface area contributed by atoms with Crippen molar-refractivity contribution in [3.63, 3.8) is 0 Å². The van der Waals surface area contributed by atoms with Gasteiger partial charge in [-0.25, -0.2) is 0 Å². The lowest BCUT2D eigenvalue weighted by molar-refractivity contribution is -0.120. The number of benzene rings is 2. The topological polar surface area (TPSA) is 93.9 Å². The molecule has 28 heavy (non-hydrogen) atoms. The van der Waals surface area contributed by atoms with Gasteiger partial charge in [-0.05, 0) is 62.4 Å². The number of primary amides is 1. The highest BCUT2D eigenvalue weighted by Gasteiger charge is 2.18. The Morgan fingerprint density at radius 3 is 2.29 bits per heavy atom. The summed E-state index contributed by atoms with van der Waals surface area (Å²) in [5, 5.41) is 2.85. The van der Waals surface area contributed by atoms with E-state index in [-0.39, 0.29) is 11.9 Å². The van der Waals surface area contributed by atoms with Crippen molar-refractivity contribution in [3.8, 4) is 11.5 Å². The Morgan fingerprint density at radius 1 is 1.07 bits per heavy atom. The highest BCUT2D eigenvalue weighted by molar-refractivity contribution is 5.96. The minimum atomic E-state index is -0.499. The van der Waals surface area contributed by atoms with E-state index in [2.05, 4.69) is 5.32 Å². The molecule has 0 saturated heterocycles. The van der Waals surface area contributed by atoms with E-state index >= 15 is 0 Å². The van der Waals surface area contributed by atoms with Crippen LogP contribution in [0.2, 0.25) is 0 Å². The molecule has 2 rings (SSSR count). The lowest BCUT2D eigenvalue weighted by Gasteiger charge is -2.24. The van der Waals surface area contributed by atoms with Crippen LogP contribution in [0.1, 0.15) is 22.8 Å². The fraction of sp³-hybridized carbons (Fsp3) is 0.333. The van der Waals surface area contributed by atoms with E-state index in [1.54, 1.807) is 38.5 Å². The quantitative estimate of drug-likeness (QED) is 0.691. The molecule has 0 heterocycles. The van der Waals surface area contributed by atoms with Gasteiger partial charge in [0.1, 0.15) is 0 Å². The predicted molar refractivity (Wildman–Crippen MR) is 109 cm³/mol. The Kier molecular flexibility index (Phi) is 7.40. The molecular formula is C21H27N3O4. The third-order valence-electron chi connectivity index (χ3n) is 4.68. The molecule has 0 fully saturated rings. The van der Waals surface area contributed by atoms with Crippen molar-refractivity contribution in [2.45, 2.75) is 19.4 Å². The van der Waals surface area contributed by atoms with Crippen molar-refractivity contribution in [1.29, 1.82) is 0 Å². The summed E-state index contributed by atoms with van der Waals surface area (Å²) < 4.78 is 10.6. The van der Waals surface area contributed by atoms with Gasteiger partial charge in [0.15, 0.2) is 11.5 Å². The SMILES string of the molecule is COc1ccc(CCN(C)[C@@H](C)C(=O)Nc2ccc(C(N)=O)cc2)cc1OC. The highest BCUT2D eigenvalue weighted by atomic mass is 16.5. The molecule has 1 atom stereocenters. The first kappa shape index (κ1) is 21.2. The number of nitrogens with two attached hydrogens (primary N) is 1. The van der Waals surface area contributed by atoms with Crippen molar-refractivity contribution in [2.24, 2.45) is 5.73 Å². The Morgan fingerprint density at radius 2 is 1.71 bits per heavy atom. The van der Waals surface area contributed by atoms with Gasteiger partial charge < -0.3 is 20.5 Å². The monoisotopic (exact) mass is 385 g/mol. The second-order valence-electron chi connectivity index (χ2n) is 6.53. The van der Waals surface area contributed by atoms with Crippen LogP contribution < -0.4 is 20.5 Å². The molecule has 2 amide bonds. The molecule has 2 aromatic carbocycles. The van der Waals surface area contributed by atoms with E-state index in [1.165, 1.54) is 0 Å². The lowest BCUT2D eigenvalue weighted by Crippen LogP contribution is -2.40. The van der Waals surface area contributed by atoms with Gasteiger partial charge in [-0.1, -0.05) is 6.07 Å². The van der Waals surface area contributed by atoms with Crippen LogP contribution in [0, 0.1) is 0 Å². The minimum absolute atomic E-state index is 0.123. The van der Waals surface area contributed by atoms with Gasteiger partial charge in [0.25, 0.3) is 0 Å². The molecule has 2 aromatic rings. The maximum atomic E-state index is 12.5. The van der Waals surface area contributed by atoms with Gasteiger partial charge in [0, 0.05) is 17.8 Å². The molecule has 0 aromatic heterocycles. The van der Waals surface area contributed by atoms with Crippen LogP contribution in [-0.4, -0.2) is 50.6 Å². The van der Waals surface area contributed by atoms with E-state index in [1.807, 2.05) is 37.1 Å². The standard InChI is InChI=1S/C21H27N3O4/c1-14(21(26)23-17-8-6-16(7-9-17)20(22)25)24(2)12-11-15-5-10-18(27-3)19(13-15)28-4/h5-10,13-14H,11-12H2,1-4H3,(H2,22,25)(H,23,26)/t14-/m0/s1. The van der Waals surface area contributed by atoms with Gasteiger partial charge in [-0.15, -0.1) is 0 Å². The Hall–Kier alpha value is -3.06. The molecular weight excluding hydrogens is 358 g/mol. The first-order valence-corrected chi connectivity index (χ1v) is 8.97. The molecule has 0 bridgehead atoms. The number of anilines is 1. The number of carbonyl (C=O) groups is 2. The number of nitrogens with one attached hydrogen (secondary N) is 1. The maximum absolute atomic E-state index is 12.5. The highest BCUT2D eigenvalue weighted by Crippen LogP contribution is 2.27. The predicted octanol–water partition coefficient (Wildman–Crippen LogP) is 2.30. The normalized spacial score (nSPS) is 11.8. The zero-order chi connectivity index (χ0) is 20.7. The zero-order valence-corrected chi connectivity index (χ0v) is 16.7. The van der Waals surface area contributed by atoms with Crippen molar-refractivity contribution < 1.29 is 19.1 Å². The number of hydrogen-bond donors (Lipinski definition) is 2. The maximum Gasteiger partial charge on any atom is 0.248 e. The Labute approximate surface area is 165 Å². The number of hydrogen-bond acceptors (Lipinski definition) is 5. The number of carbonyl (C=O) groups excluding carboxylic acids is 2. The van der Waals surface area contributed by atoms with Crippen LogP contribution in [0.4, 0.5) is 5.69 Å². The molecule has 0 aliphatic carbocycles. The van der Waals surface area contributed by atoms with Gasteiger partial charge in [0.2, 0.25) is 11.8 Å². The number of nitrogens with zero attached hydrogens (tertiary/aromatic N) is 1. The fourth-order valence-electron chi connectivity index (χ4n) is 2.70. The minimum Gasteiger partial charge on any atom is -0.493 e. The van der Waals surface area contributed by atoms with E-state index in [4.69, 9.17) is 15.2 Å². The fourth-order valence-corrected chi connectivity index (χ4v) is 2.70. The molecule has 3 N–H and O–H groups in total. The molecule has 0 saturated carbocycles. The summed E-state index contributed by atoms with van der Waals surface area (Å²) in [6.07, 6.45) is 0.766. The first-order valence-electron chi connectivity index (χ1n) is 8.97. The van der Waals surface area contributed by atoms with E-state index in [9.17, 15) is 9.59 Å². The van der Waals surface area contributed by atoms with Crippen LogP contribution >= 0.6 is 0 Å². The summed E-state index contributed by atoms with van der Waals surface area (Å²) >= 11 is 0. The summed E-state index contributed by atoms with van der Waals surface area (Å²) in [7, 11) is 5.12. The lowest BCUT2D eigenvalue weighted by atomic mass is 10.1. The van der Waals surface area contributed by atoms with Crippen molar-refractivity contribution in [3.05, 3.63) is 53.6 Å². The molecule has 0 aliphatic rings. The average Bonchev–Trinajstić information content (AvgIpc) is 2.71. The first-order chi connectivity index (χ1) is 13.3. The summed E-state index contributed by atoms with van der Waals surface area (Å²) in [4.78, 5) is 25.6. The zero-order valence-electron chi connectivity index (χ0n) is 16.7. The average molecular weight is 385 g/mol. The number of likely N-dealkylation sites (N-methyl/N-ethyl adjacent to an activating group) is 1. The third kappa shape index (κ3) is 5.47. The van der Waals surface area contributed by atoms with Crippen molar-refractivity contribution >= 4 is 17.5 Å². The van der Waals surface area contributed by atoms with E-state index in [0.717, 1.165) is 12.0 Å². The van der Waals surface area contributed by atoms with E-state index in [0.29, 0.717) is 29.3 Å². The van der Waals surface area contributed by atoms with Crippen LogP contribution in [-0.2, 0) is 11.2 Å². The van der Waals surface area contributed by atoms with Gasteiger partial charge in [-0.2, -0.15) is 0 Å². The Bertz CT molecular complexity index is 821. The third-order valence-corrected chi connectivity index (χ3v) is 4.68. The largest absolute Gasteiger partial charge is 0.493 e. The molecule has 0 spiro atoms. The van der Waals surface area contributed by atoms with Gasteiger partial charge >= 0.3 is 0 Å². The number of rotatable bonds is 9. The molecule has 0 radical (unpaired) electrons. The number of ether oxygens (including phenoxy) is 2. The smallest absolute Gasteiger partial charge is 0.248 e. The second kappa shape index (κ2) is 9.75. The number of amides is 2. The van der Waals surface area contributed by atoms with Crippen LogP contribution in [0.25, 0.3) is 0 Å². The summed E-state index contributed by atoms with van der Waals surface area (Å²) in [5.74, 6) is 0.755. The summed E-state index contributed by atoms with van der Waals surface area (Å²) in [6.45, 7) is 2.55. The summed E-state index contributed by atoms with van der Waals surface area (Å²) in [6, 6.07) is 12.0. The van der Waals surface area contributed by atoms with Crippen molar-refractivity contribution in [1.82, 2.24) is 4.90 Å². The number of methoxy groups -OCH3 is 2. The van der Waals surface area contributed by atoms with E-state index < -0.39 is 5.91 Å².